The number of hydrogen-bond donors (Lipinski definition) is 13. The molecule has 37 heavy (non-hydrogen) atoms. The molecule has 0 saturated heterocycles. The molecule has 0 aliphatic rings. The molecule has 0 spiro atoms. The first kappa shape index (κ1) is 37.6. The van der Waals surface area contributed by atoms with Gasteiger partial charge in [-0.25, -0.2) is 27.4 Å². The molecule has 0 aromatic heterocycles. The fraction of sp³-hybridized carbons (Fsp3) is 1.00. The summed E-state index contributed by atoms with van der Waals surface area (Å²) in [7, 11) is -37.8. The first-order valence-electron chi connectivity index (χ1n) is 8.09. The summed E-state index contributed by atoms with van der Waals surface area (Å²) in [5.41, 5.74) is 0. The lowest BCUT2D eigenvalue weighted by atomic mass is 10.0. The summed E-state index contributed by atoms with van der Waals surface area (Å²) in [6.45, 7) is -1.18. The zero-order valence-corrected chi connectivity index (χ0v) is 22.4. The van der Waals surface area contributed by atoms with Crippen LogP contribution in [0.4, 0.5) is 0 Å². The molecular weight excluding hydrogens is 658 g/mol. The summed E-state index contributed by atoms with van der Waals surface area (Å²) >= 11 is 0. The van der Waals surface area contributed by atoms with E-state index in [4.69, 9.17) is 29.8 Å². The number of phosphoric ester groups is 1. The number of hydrogen-bond acceptors (Lipinski definition) is 18. The van der Waals surface area contributed by atoms with E-state index in [1.54, 1.807) is 0 Å². The van der Waals surface area contributed by atoms with Crippen LogP contribution in [0.1, 0.15) is 0 Å². The molecule has 0 rings (SSSR count). The van der Waals surface area contributed by atoms with Gasteiger partial charge < -0.3 is 64.9 Å². The van der Waals surface area contributed by atoms with E-state index in [0.717, 1.165) is 0 Å². The van der Waals surface area contributed by atoms with Crippen molar-refractivity contribution in [1.29, 1.82) is 0 Å². The molecule has 6 unspecified atom stereocenters. The van der Waals surface area contributed by atoms with Gasteiger partial charge in [0.15, 0.2) is 6.29 Å². The monoisotopic (exact) mass is 678 g/mol. The third-order valence-corrected chi connectivity index (χ3v) is 11.6. The van der Waals surface area contributed by atoms with Crippen molar-refractivity contribution >= 4 is 46.9 Å². The molecule has 0 saturated carbocycles. The fourth-order valence-corrected chi connectivity index (χ4v) is 8.99. The third-order valence-electron chi connectivity index (χ3n) is 2.85. The molecule has 10 atom stereocenters. The standard InChI is InChI=1S/C6H20O25P6/c7-1-2(8)3(9)4(10)5(11)6(12)26-33(16,17)28-35(20,21)30-37(24,25)31-36(22,23)29-34(18,19)27-32(13,14)15/h2-12H,1H2,(H,16,17)(H,18,19)(H,20,21)(H,22,23)(H,24,25)(H2,13,14,15)/t2-,3-,4+,5+,6?/m1/s1. The maximum atomic E-state index is 11.7. The molecule has 0 aromatic carbocycles. The minimum absolute atomic E-state index is 1.18. The minimum atomic E-state index is -6.54. The quantitative estimate of drug-likeness (QED) is 0.0522. The molecule has 0 aliphatic heterocycles. The Balaban J connectivity index is 5.37. The van der Waals surface area contributed by atoms with E-state index >= 15 is 0 Å². The molecular formula is C6H20O25P6. The molecule has 0 aromatic rings. The third kappa shape index (κ3) is 15.3. The number of aliphatic hydroxyl groups excluding tert-OH is 6. The fourth-order valence-electron chi connectivity index (χ4n) is 1.64. The van der Waals surface area contributed by atoms with Crippen molar-refractivity contribution in [2.45, 2.75) is 30.7 Å². The van der Waals surface area contributed by atoms with Crippen molar-refractivity contribution < 1.29 is 118 Å². The van der Waals surface area contributed by atoms with Gasteiger partial charge in [-0.1, -0.05) is 0 Å². The van der Waals surface area contributed by atoms with Crippen LogP contribution in [0.2, 0.25) is 0 Å². The van der Waals surface area contributed by atoms with Crippen LogP contribution in [-0.2, 0) is 53.5 Å². The maximum absolute atomic E-state index is 11.7. The van der Waals surface area contributed by atoms with Gasteiger partial charge in [0, 0.05) is 0 Å². The van der Waals surface area contributed by atoms with Crippen molar-refractivity contribution in [3.05, 3.63) is 0 Å². The maximum Gasteiger partial charge on any atom is 0.490 e. The van der Waals surface area contributed by atoms with Gasteiger partial charge in [-0.2, -0.15) is 21.6 Å². The zero-order valence-electron chi connectivity index (χ0n) is 17.0. The van der Waals surface area contributed by atoms with Crippen LogP contribution in [0.3, 0.4) is 0 Å². The van der Waals surface area contributed by atoms with Crippen LogP contribution >= 0.6 is 46.9 Å². The van der Waals surface area contributed by atoms with Gasteiger partial charge >= 0.3 is 46.9 Å². The number of phosphoric acid groups is 6. The average Bonchev–Trinajstić information content (AvgIpc) is 2.58. The first-order chi connectivity index (χ1) is 16.1. The summed E-state index contributed by atoms with van der Waals surface area (Å²) < 4.78 is 88.0. The van der Waals surface area contributed by atoms with Crippen molar-refractivity contribution in [3.8, 4) is 0 Å². The van der Waals surface area contributed by atoms with Gasteiger partial charge in [0.25, 0.3) is 0 Å². The summed E-state index contributed by atoms with van der Waals surface area (Å²) in [4.78, 5) is 62.5. The Bertz CT molecular complexity index is 1050. The van der Waals surface area contributed by atoms with E-state index in [-0.39, 0.29) is 0 Å². The summed E-state index contributed by atoms with van der Waals surface area (Å²) in [5, 5.41) is 55.6. The topological polar surface area (TPSA) is 421 Å². The number of rotatable bonds is 17. The van der Waals surface area contributed by atoms with Crippen molar-refractivity contribution in [2.75, 3.05) is 6.61 Å². The molecule has 31 heteroatoms. The minimum Gasteiger partial charge on any atom is -0.394 e. The highest BCUT2D eigenvalue weighted by Gasteiger charge is 2.50. The van der Waals surface area contributed by atoms with Crippen molar-refractivity contribution in [3.63, 3.8) is 0 Å². The SMILES string of the molecule is O=P(O)(O)OP(=O)(O)OP(=O)(O)OP(=O)(O)OP(=O)(O)OP(=O)(O)OC(O)[C@@H](O)[C@@H](O)[C@H](O)[C@H](O)CO. The van der Waals surface area contributed by atoms with E-state index in [9.17, 15) is 62.5 Å². The van der Waals surface area contributed by atoms with E-state index in [1.165, 1.54) is 0 Å². The number of aliphatic hydroxyl groups is 6. The van der Waals surface area contributed by atoms with Crippen LogP contribution in [-0.4, -0.2) is 102 Å². The molecule has 0 heterocycles. The van der Waals surface area contributed by atoms with Crippen LogP contribution in [0.15, 0.2) is 0 Å². The van der Waals surface area contributed by atoms with E-state index < -0.39 is 84.2 Å². The van der Waals surface area contributed by atoms with Crippen LogP contribution in [0.5, 0.6) is 0 Å². The zero-order chi connectivity index (χ0) is 29.8. The summed E-state index contributed by atoms with van der Waals surface area (Å²) in [5.74, 6) is 0. The summed E-state index contributed by atoms with van der Waals surface area (Å²) in [6.07, 6.45) is -13.1. The Morgan fingerprint density at radius 1 is 0.486 bits per heavy atom. The molecule has 0 amide bonds. The van der Waals surface area contributed by atoms with Gasteiger partial charge in [0.2, 0.25) is 0 Å². The van der Waals surface area contributed by atoms with Gasteiger partial charge in [-0.05, 0) is 0 Å². The second kappa shape index (κ2) is 13.5. The second-order valence-electron chi connectivity index (χ2n) is 5.96. The van der Waals surface area contributed by atoms with Crippen LogP contribution < -0.4 is 0 Å². The second-order valence-corrected chi connectivity index (χ2v) is 15.1. The highest BCUT2D eigenvalue weighted by Crippen LogP contribution is 2.75. The lowest BCUT2D eigenvalue weighted by Crippen LogP contribution is -2.50. The highest BCUT2D eigenvalue weighted by molar-refractivity contribution is 7.72. The van der Waals surface area contributed by atoms with E-state index in [2.05, 4.69) is 26.1 Å². The lowest BCUT2D eigenvalue weighted by Gasteiger charge is -2.28. The Hall–Kier alpha value is 0.620. The molecule has 224 valence electrons. The Labute approximate surface area is 203 Å². The highest BCUT2D eigenvalue weighted by atomic mass is 31.3. The predicted octanol–water partition coefficient (Wildman–Crippen LogP) is -3.57. The van der Waals surface area contributed by atoms with Gasteiger partial charge in [0.1, 0.15) is 24.4 Å². The molecule has 13 N–H and O–H groups in total. The summed E-state index contributed by atoms with van der Waals surface area (Å²) in [6, 6.07) is 0. The van der Waals surface area contributed by atoms with E-state index in [0.29, 0.717) is 0 Å². The predicted molar refractivity (Wildman–Crippen MR) is 105 cm³/mol. The molecule has 0 fully saturated rings. The largest absolute Gasteiger partial charge is 0.490 e. The Morgan fingerprint density at radius 2 is 0.811 bits per heavy atom. The van der Waals surface area contributed by atoms with Crippen LogP contribution in [0, 0.1) is 0 Å². The first-order valence-corrected chi connectivity index (χ1v) is 17.1. The smallest absolute Gasteiger partial charge is 0.394 e. The van der Waals surface area contributed by atoms with Crippen molar-refractivity contribution in [2.24, 2.45) is 0 Å². The lowest BCUT2D eigenvalue weighted by molar-refractivity contribution is -0.185. The Morgan fingerprint density at radius 3 is 1.14 bits per heavy atom. The van der Waals surface area contributed by atoms with Gasteiger partial charge in [-0.3, -0.25) is 4.52 Å². The van der Waals surface area contributed by atoms with Crippen LogP contribution in [0.25, 0.3) is 0 Å². The molecule has 0 aliphatic carbocycles. The van der Waals surface area contributed by atoms with Gasteiger partial charge in [0.05, 0.1) is 6.61 Å². The van der Waals surface area contributed by atoms with Crippen molar-refractivity contribution in [1.82, 2.24) is 0 Å². The van der Waals surface area contributed by atoms with E-state index in [1.807, 2.05) is 0 Å². The molecule has 0 bridgehead atoms. The Kier molecular flexibility index (Phi) is 13.7. The molecule has 0 radical (unpaired) electrons. The molecule has 25 nitrogen and oxygen atoms in total. The van der Waals surface area contributed by atoms with Gasteiger partial charge in [-0.15, -0.1) is 0 Å². The average molecular weight is 678 g/mol. The normalized spacial score (nSPS) is 25.2.